The summed E-state index contributed by atoms with van der Waals surface area (Å²) in [5.74, 6) is -2.26. The van der Waals surface area contributed by atoms with Gasteiger partial charge in [-0.3, -0.25) is 9.59 Å². The third-order valence-electron chi connectivity index (χ3n) is 6.44. The van der Waals surface area contributed by atoms with Crippen LogP contribution in [0.5, 0.6) is 0 Å². The van der Waals surface area contributed by atoms with Crippen molar-refractivity contribution in [3.05, 3.63) is 71.0 Å². The zero-order valence-electron chi connectivity index (χ0n) is 18.8. The molecular formula is C24H24F4N4O3. The lowest BCUT2D eigenvalue weighted by Crippen LogP contribution is -2.50. The number of nitrogens with one attached hydrogen (secondary N) is 1. The maximum absolute atomic E-state index is 13.9. The minimum atomic E-state index is -4.90. The SMILES string of the molecule is CC(NC(=O)c1c(C(F)(F)F)nn2c1N(Cc1cccc(CF)c1)CC2)C1(C(=O)O)C=CC=CC1. The fourth-order valence-electron chi connectivity index (χ4n) is 4.54. The molecule has 1 aromatic heterocycles. The number of fused-ring (bicyclic) bond motifs is 1. The van der Waals surface area contributed by atoms with Crippen molar-refractivity contribution in [3.8, 4) is 0 Å². The van der Waals surface area contributed by atoms with E-state index in [1.807, 2.05) is 0 Å². The Morgan fingerprint density at radius 1 is 1.23 bits per heavy atom. The minimum Gasteiger partial charge on any atom is -0.481 e. The molecular weight excluding hydrogens is 468 g/mol. The molecule has 2 N–H and O–H groups in total. The van der Waals surface area contributed by atoms with Gasteiger partial charge in [0.2, 0.25) is 0 Å². The second kappa shape index (κ2) is 9.20. The highest BCUT2D eigenvalue weighted by atomic mass is 19.4. The van der Waals surface area contributed by atoms with Crippen molar-refractivity contribution in [3.63, 3.8) is 0 Å². The van der Waals surface area contributed by atoms with Crippen molar-refractivity contribution in [2.45, 2.75) is 45.3 Å². The molecule has 1 aliphatic carbocycles. The Hall–Kier alpha value is -3.63. The van der Waals surface area contributed by atoms with E-state index in [9.17, 15) is 32.3 Å². The van der Waals surface area contributed by atoms with E-state index in [-0.39, 0.29) is 25.3 Å². The van der Waals surface area contributed by atoms with Crippen LogP contribution >= 0.6 is 0 Å². The highest BCUT2D eigenvalue weighted by Crippen LogP contribution is 2.39. The van der Waals surface area contributed by atoms with Crippen molar-refractivity contribution in [2.24, 2.45) is 5.41 Å². The lowest BCUT2D eigenvalue weighted by atomic mass is 9.75. The molecule has 1 amide bonds. The minimum absolute atomic E-state index is 0.00358. The van der Waals surface area contributed by atoms with Crippen LogP contribution in [0.15, 0.2) is 48.6 Å². The van der Waals surface area contributed by atoms with Gasteiger partial charge in [0.15, 0.2) is 5.69 Å². The Bertz CT molecular complexity index is 1200. The number of nitrogens with zero attached hydrogens (tertiary/aromatic N) is 3. The Morgan fingerprint density at radius 2 is 1.97 bits per heavy atom. The molecule has 2 aromatic rings. The van der Waals surface area contributed by atoms with Crippen LogP contribution in [-0.4, -0.2) is 39.4 Å². The summed E-state index contributed by atoms with van der Waals surface area (Å²) in [7, 11) is 0. The molecule has 0 bridgehead atoms. The molecule has 2 atom stereocenters. The monoisotopic (exact) mass is 492 g/mol. The first-order valence-corrected chi connectivity index (χ1v) is 11.0. The molecule has 0 fully saturated rings. The molecule has 35 heavy (non-hydrogen) atoms. The Labute approximate surface area is 198 Å². The number of amides is 1. The van der Waals surface area contributed by atoms with E-state index in [0.717, 1.165) is 4.68 Å². The van der Waals surface area contributed by atoms with E-state index in [2.05, 4.69) is 10.4 Å². The first-order valence-electron chi connectivity index (χ1n) is 11.0. The molecule has 7 nitrogen and oxygen atoms in total. The average Bonchev–Trinajstić information content (AvgIpc) is 3.39. The molecule has 1 aliphatic heterocycles. The van der Waals surface area contributed by atoms with Crippen LogP contribution in [0, 0.1) is 5.41 Å². The predicted octanol–water partition coefficient (Wildman–Crippen LogP) is 4.10. The summed E-state index contributed by atoms with van der Waals surface area (Å²) in [6, 6.07) is 5.59. The Balaban J connectivity index is 1.69. The number of hydrogen-bond donors (Lipinski definition) is 2. The third kappa shape index (κ3) is 4.54. The molecule has 0 spiro atoms. The lowest BCUT2D eigenvalue weighted by Gasteiger charge is -2.33. The van der Waals surface area contributed by atoms with Crippen LogP contribution < -0.4 is 10.2 Å². The maximum atomic E-state index is 13.9. The maximum Gasteiger partial charge on any atom is 0.436 e. The first-order chi connectivity index (χ1) is 16.6. The Morgan fingerprint density at radius 3 is 2.60 bits per heavy atom. The number of aliphatic carboxylic acids is 1. The number of alkyl halides is 4. The Kier molecular flexibility index (Phi) is 6.44. The van der Waals surface area contributed by atoms with Crippen LogP contribution in [0.4, 0.5) is 23.4 Å². The number of allylic oxidation sites excluding steroid dienone is 3. The number of carbonyl (C=O) groups is 2. The zero-order valence-corrected chi connectivity index (χ0v) is 18.8. The molecule has 0 saturated carbocycles. The second-order valence-electron chi connectivity index (χ2n) is 8.68. The van der Waals surface area contributed by atoms with Crippen molar-refractivity contribution < 1.29 is 32.3 Å². The summed E-state index contributed by atoms with van der Waals surface area (Å²) in [4.78, 5) is 26.9. The van der Waals surface area contributed by atoms with Gasteiger partial charge in [-0.25, -0.2) is 9.07 Å². The number of aromatic nitrogens is 2. The van der Waals surface area contributed by atoms with Gasteiger partial charge in [-0.2, -0.15) is 18.3 Å². The lowest BCUT2D eigenvalue weighted by molar-refractivity contribution is -0.147. The van der Waals surface area contributed by atoms with Crippen molar-refractivity contribution >= 4 is 17.7 Å². The van der Waals surface area contributed by atoms with E-state index in [4.69, 9.17) is 0 Å². The topological polar surface area (TPSA) is 87.5 Å². The van der Waals surface area contributed by atoms with Gasteiger partial charge in [-0.15, -0.1) is 0 Å². The number of carboxylic acids is 1. The van der Waals surface area contributed by atoms with E-state index in [0.29, 0.717) is 17.7 Å². The van der Waals surface area contributed by atoms with Gasteiger partial charge in [0, 0.05) is 19.1 Å². The summed E-state index contributed by atoms with van der Waals surface area (Å²) in [5, 5.41) is 16.0. The summed E-state index contributed by atoms with van der Waals surface area (Å²) < 4.78 is 55.8. The van der Waals surface area contributed by atoms with Crippen LogP contribution in [0.2, 0.25) is 0 Å². The van der Waals surface area contributed by atoms with E-state index in [1.54, 1.807) is 41.3 Å². The summed E-state index contributed by atoms with van der Waals surface area (Å²) in [5.41, 5.74) is -2.37. The molecule has 0 saturated heterocycles. The quantitative estimate of drug-likeness (QED) is 0.569. The molecule has 186 valence electrons. The molecule has 2 unspecified atom stereocenters. The van der Waals surface area contributed by atoms with Crippen molar-refractivity contribution in [2.75, 3.05) is 11.4 Å². The predicted molar refractivity (Wildman–Crippen MR) is 119 cm³/mol. The van der Waals surface area contributed by atoms with Crippen LogP contribution in [0.25, 0.3) is 0 Å². The van der Waals surface area contributed by atoms with Gasteiger partial charge < -0.3 is 15.3 Å². The smallest absolute Gasteiger partial charge is 0.436 e. The molecule has 4 rings (SSSR count). The summed E-state index contributed by atoms with van der Waals surface area (Å²) >= 11 is 0. The van der Waals surface area contributed by atoms with Gasteiger partial charge >= 0.3 is 12.1 Å². The number of hydrogen-bond acceptors (Lipinski definition) is 4. The van der Waals surface area contributed by atoms with E-state index >= 15 is 0 Å². The largest absolute Gasteiger partial charge is 0.481 e. The van der Waals surface area contributed by atoms with Gasteiger partial charge in [-0.1, -0.05) is 48.6 Å². The number of carbonyl (C=O) groups excluding carboxylic acids is 1. The molecule has 2 aliphatic rings. The van der Waals surface area contributed by atoms with Crippen molar-refractivity contribution in [1.82, 2.24) is 15.1 Å². The summed E-state index contributed by atoms with van der Waals surface area (Å²) in [6.07, 6.45) is 1.44. The molecule has 0 radical (unpaired) electrons. The number of benzene rings is 1. The van der Waals surface area contributed by atoms with Crippen molar-refractivity contribution in [1.29, 1.82) is 0 Å². The molecule has 1 aromatic carbocycles. The number of carboxylic acid groups (broad SMARTS) is 1. The zero-order chi connectivity index (χ0) is 25.4. The van der Waals surface area contributed by atoms with Gasteiger partial charge in [0.25, 0.3) is 5.91 Å². The number of rotatable bonds is 7. The standard InChI is InChI=1S/C24H24F4N4O3/c1-15(23(22(34)35)8-3-2-4-9-23)29-20(33)18-19(24(26,27)28)30-32-11-10-31(21(18)32)14-17-7-5-6-16(12-17)13-25/h2-8,12,15H,9-11,13-14H2,1H3,(H,29,33)(H,34,35). The normalized spacial score (nSPS) is 20.1. The van der Waals surface area contributed by atoms with Gasteiger partial charge in [0.05, 0.1) is 6.54 Å². The van der Waals surface area contributed by atoms with E-state index in [1.165, 1.54) is 19.1 Å². The van der Waals surface area contributed by atoms with Gasteiger partial charge in [-0.05, 0) is 24.5 Å². The number of halogens is 4. The first kappa shape index (κ1) is 24.5. The third-order valence-corrected chi connectivity index (χ3v) is 6.44. The fourth-order valence-corrected chi connectivity index (χ4v) is 4.54. The highest BCUT2D eigenvalue weighted by Gasteiger charge is 2.46. The fraction of sp³-hybridized carbons (Fsp3) is 0.375. The summed E-state index contributed by atoms with van der Waals surface area (Å²) in [6.45, 7) is 1.37. The van der Waals surface area contributed by atoms with Crippen LogP contribution in [-0.2, 0) is 30.7 Å². The molecule has 2 heterocycles. The number of anilines is 1. The average molecular weight is 492 g/mol. The second-order valence-corrected chi connectivity index (χ2v) is 8.68. The van der Waals surface area contributed by atoms with Crippen LogP contribution in [0.3, 0.4) is 0 Å². The van der Waals surface area contributed by atoms with Gasteiger partial charge in [0.1, 0.15) is 23.5 Å². The van der Waals surface area contributed by atoms with E-state index < -0.39 is 47.4 Å². The highest BCUT2D eigenvalue weighted by molar-refractivity contribution is 6.01. The van der Waals surface area contributed by atoms with Crippen LogP contribution in [0.1, 0.15) is 40.5 Å². The molecule has 11 heteroatoms.